The molecule has 0 radical (unpaired) electrons. The fraction of sp³-hybridized carbons (Fsp3) is 0.727. The fourth-order valence-electron chi connectivity index (χ4n) is 1.69. The molecule has 0 bridgehead atoms. The summed E-state index contributed by atoms with van der Waals surface area (Å²) in [5, 5.41) is 12.1. The van der Waals surface area contributed by atoms with Crippen LogP contribution in [0.1, 0.15) is 12.8 Å². The molecule has 0 saturated heterocycles. The van der Waals surface area contributed by atoms with Crippen LogP contribution in [0.3, 0.4) is 0 Å². The second-order valence-corrected chi connectivity index (χ2v) is 4.08. The minimum absolute atomic E-state index is 0.00479. The smallest absolute Gasteiger partial charge is 0.226 e. The van der Waals surface area contributed by atoms with Crippen LogP contribution < -0.4 is 11.1 Å². The summed E-state index contributed by atoms with van der Waals surface area (Å²) in [6.45, 7) is 0.757. The van der Waals surface area contributed by atoms with Crippen LogP contribution in [0.25, 0.3) is 0 Å². The molecular formula is C11H20N2O3. The molecule has 0 aromatic carbocycles. The maximum atomic E-state index is 11.6. The molecule has 5 nitrogen and oxygen atoms in total. The molecule has 1 aliphatic carbocycles. The summed E-state index contributed by atoms with van der Waals surface area (Å²) in [4.78, 5) is 11.6. The second-order valence-electron chi connectivity index (χ2n) is 4.08. The van der Waals surface area contributed by atoms with E-state index in [9.17, 15) is 9.90 Å². The summed E-state index contributed by atoms with van der Waals surface area (Å²) >= 11 is 0. The molecular weight excluding hydrogens is 208 g/mol. The normalized spacial score (nSPS) is 25.7. The largest absolute Gasteiger partial charge is 0.391 e. The third-order valence-corrected chi connectivity index (χ3v) is 2.59. The van der Waals surface area contributed by atoms with Crippen molar-refractivity contribution in [3.8, 4) is 0 Å². The Morgan fingerprint density at radius 1 is 1.69 bits per heavy atom. The number of hydrogen-bond acceptors (Lipinski definition) is 4. The Morgan fingerprint density at radius 3 is 3.00 bits per heavy atom. The first-order chi connectivity index (χ1) is 7.63. The molecule has 0 aromatic heterocycles. The summed E-state index contributed by atoms with van der Waals surface area (Å²) in [5.74, 6) is -0.136. The summed E-state index contributed by atoms with van der Waals surface area (Å²) in [6.07, 6.45) is 4.34. The lowest BCUT2D eigenvalue weighted by Gasteiger charge is -2.12. The van der Waals surface area contributed by atoms with E-state index < -0.39 is 6.10 Å². The Labute approximate surface area is 95.7 Å². The van der Waals surface area contributed by atoms with Crippen LogP contribution in [0.5, 0.6) is 0 Å². The van der Waals surface area contributed by atoms with Gasteiger partial charge in [-0.3, -0.25) is 4.79 Å². The lowest BCUT2D eigenvalue weighted by Crippen LogP contribution is -2.33. The Hall–Kier alpha value is -0.910. The van der Waals surface area contributed by atoms with Gasteiger partial charge >= 0.3 is 0 Å². The number of carbonyl (C=O) groups excluding carboxylic acids is 1. The zero-order valence-electron chi connectivity index (χ0n) is 9.56. The highest BCUT2D eigenvalue weighted by molar-refractivity contribution is 5.81. The number of aliphatic hydroxyl groups is 1. The Kier molecular flexibility index (Phi) is 5.45. The third-order valence-electron chi connectivity index (χ3n) is 2.59. The van der Waals surface area contributed by atoms with Crippen molar-refractivity contribution in [1.82, 2.24) is 5.32 Å². The first-order valence-corrected chi connectivity index (χ1v) is 5.52. The molecule has 0 heterocycles. The van der Waals surface area contributed by atoms with Crippen LogP contribution in [-0.2, 0) is 9.53 Å². The van der Waals surface area contributed by atoms with E-state index in [0.29, 0.717) is 26.0 Å². The van der Waals surface area contributed by atoms with Crippen LogP contribution in [0.2, 0.25) is 0 Å². The third kappa shape index (κ3) is 4.30. The monoisotopic (exact) mass is 228 g/mol. The number of nitrogens with two attached hydrogens (primary N) is 1. The molecule has 5 heteroatoms. The minimum Gasteiger partial charge on any atom is -0.391 e. The molecule has 0 spiro atoms. The molecule has 1 aliphatic rings. The van der Waals surface area contributed by atoms with Crippen LogP contribution in [0.15, 0.2) is 12.2 Å². The number of aliphatic hydroxyl groups excluding tert-OH is 1. The Balaban J connectivity index is 2.13. The fourth-order valence-corrected chi connectivity index (χ4v) is 1.69. The number of carbonyl (C=O) groups is 1. The maximum Gasteiger partial charge on any atom is 0.226 e. The Morgan fingerprint density at radius 2 is 2.44 bits per heavy atom. The highest BCUT2D eigenvalue weighted by Gasteiger charge is 2.22. The molecule has 0 fully saturated rings. The van der Waals surface area contributed by atoms with Gasteiger partial charge in [0.15, 0.2) is 0 Å². The van der Waals surface area contributed by atoms with Crippen molar-refractivity contribution >= 4 is 5.91 Å². The van der Waals surface area contributed by atoms with Gasteiger partial charge in [0, 0.05) is 19.7 Å². The molecule has 3 unspecified atom stereocenters. The van der Waals surface area contributed by atoms with Gasteiger partial charge in [0.1, 0.15) is 0 Å². The van der Waals surface area contributed by atoms with Crippen molar-refractivity contribution in [2.45, 2.75) is 25.0 Å². The van der Waals surface area contributed by atoms with Crippen molar-refractivity contribution in [3.05, 3.63) is 12.2 Å². The zero-order valence-corrected chi connectivity index (χ0v) is 9.56. The highest BCUT2D eigenvalue weighted by Crippen LogP contribution is 2.16. The highest BCUT2D eigenvalue weighted by atomic mass is 16.5. The minimum atomic E-state index is -0.522. The van der Waals surface area contributed by atoms with Gasteiger partial charge in [0.2, 0.25) is 5.91 Å². The molecule has 0 saturated carbocycles. The van der Waals surface area contributed by atoms with Crippen LogP contribution in [0, 0.1) is 5.92 Å². The molecule has 3 atom stereocenters. The molecule has 16 heavy (non-hydrogen) atoms. The summed E-state index contributed by atoms with van der Waals surface area (Å²) in [7, 11) is 1.53. The zero-order chi connectivity index (χ0) is 12.0. The van der Waals surface area contributed by atoms with Gasteiger partial charge in [-0.15, -0.1) is 0 Å². The van der Waals surface area contributed by atoms with E-state index in [4.69, 9.17) is 10.5 Å². The van der Waals surface area contributed by atoms with Crippen molar-refractivity contribution < 1.29 is 14.6 Å². The molecule has 1 amide bonds. The Bertz CT molecular complexity index is 256. The SMILES string of the molecule is COCC(O)CCNC(=O)C1C=CC(N)C1. The average molecular weight is 228 g/mol. The van der Waals surface area contributed by atoms with E-state index in [1.807, 2.05) is 12.2 Å². The predicted octanol–water partition coefficient (Wildman–Crippen LogP) is -0.597. The first kappa shape index (κ1) is 13.2. The van der Waals surface area contributed by atoms with Crippen molar-refractivity contribution in [3.63, 3.8) is 0 Å². The van der Waals surface area contributed by atoms with E-state index in [1.54, 1.807) is 0 Å². The van der Waals surface area contributed by atoms with Gasteiger partial charge in [-0.25, -0.2) is 0 Å². The van der Waals surface area contributed by atoms with Gasteiger partial charge in [0.05, 0.1) is 18.6 Å². The molecule has 0 aromatic rings. The van der Waals surface area contributed by atoms with Crippen molar-refractivity contribution in [2.75, 3.05) is 20.3 Å². The van der Waals surface area contributed by atoms with Gasteiger partial charge in [-0.05, 0) is 12.8 Å². The first-order valence-electron chi connectivity index (χ1n) is 5.52. The molecule has 92 valence electrons. The van der Waals surface area contributed by atoms with Gasteiger partial charge < -0.3 is 20.9 Å². The number of ether oxygens (including phenoxy) is 1. The lowest BCUT2D eigenvalue weighted by molar-refractivity contribution is -0.123. The van der Waals surface area contributed by atoms with Crippen molar-refractivity contribution in [1.29, 1.82) is 0 Å². The number of rotatable bonds is 6. The van der Waals surface area contributed by atoms with Crippen LogP contribution >= 0.6 is 0 Å². The number of amides is 1. The van der Waals surface area contributed by atoms with Crippen LogP contribution in [0.4, 0.5) is 0 Å². The topological polar surface area (TPSA) is 84.6 Å². The lowest BCUT2D eigenvalue weighted by atomic mass is 10.1. The second kappa shape index (κ2) is 6.62. The maximum absolute atomic E-state index is 11.6. The average Bonchev–Trinajstić information content (AvgIpc) is 2.65. The van der Waals surface area contributed by atoms with Crippen LogP contribution in [-0.4, -0.2) is 43.4 Å². The standard InChI is InChI=1S/C11H20N2O3/c1-16-7-10(14)4-5-13-11(15)8-2-3-9(12)6-8/h2-3,8-10,14H,4-7,12H2,1H3,(H,13,15). The molecule has 0 aliphatic heterocycles. The van der Waals surface area contributed by atoms with E-state index in [0.717, 1.165) is 0 Å². The quantitative estimate of drug-likeness (QED) is 0.530. The van der Waals surface area contributed by atoms with E-state index in [1.165, 1.54) is 7.11 Å². The van der Waals surface area contributed by atoms with E-state index in [-0.39, 0.29) is 17.9 Å². The summed E-state index contributed by atoms with van der Waals surface area (Å²) in [6, 6.07) is -0.00479. The van der Waals surface area contributed by atoms with E-state index >= 15 is 0 Å². The summed E-state index contributed by atoms with van der Waals surface area (Å²) < 4.78 is 4.78. The summed E-state index contributed by atoms with van der Waals surface area (Å²) in [5.41, 5.74) is 5.66. The molecule has 4 N–H and O–H groups in total. The van der Waals surface area contributed by atoms with Crippen molar-refractivity contribution in [2.24, 2.45) is 11.7 Å². The number of hydrogen-bond donors (Lipinski definition) is 3. The number of nitrogens with one attached hydrogen (secondary N) is 1. The number of methoxy groups -OCH3 is 1. The van der Waals surface area contributed by atoms with Gasteiger partial charge in [-0.1, -0.05) is 12.2 Å². The van der Waals surface area contributed by atoms with Gasteiger partial charge in [-0.2, -0.15) is 0 Å². The van der Waals surface area contributed by atoms with E-state index in [2.05, 4.69) is 5.32 Å². The van der Waals surface area contributed by atoms with Gasteiger partial charge in [0.25, 0.3) is 0 Å². The molecule has 1 rings (SSSR count). The predicted molar refractivity (Wildman–Crippen MR) is 60.7 cm³/mol.